The molecule has 25 heavy (non-hydrogen) atoms. The molecule has 1 aromatic rings. The summed E-state index contributed by atoms with van der Waals surface area (Å²) in [5.41, 5.74) is 1.59. The second-order valence-corrected chi connectivity index (χ2v) is 8.91. The number of nitrogens with one attached hydrogen (secondary N) is 1. The maximum Gasteiger partial charge on any atom is 0.313 e. The van der Waals surface area contributed by atoms with Gasteiger partial charge in [0.05, 0.1) is 11.5 Å². The van der Waals surface area contributed by atoms with Crippen LogP contribution in [0.4, 0.5) is 5.69 Å². The van der Waals surface area contributed by atoms with E-state index >= 15 is 0 Å². The Kier molecular flexibility index (Phi) is 6.18. The van der Waals surface area contributed by atoms with E-state index in [0.29, 0.717) is 25.2 Å². The molecule has 0 aliphatic carbocycles. The summed E-state index contributed by atoms with van der Waals surface area (Å²) in [5.74, 6) is -1.45. The van der Waals surface area contributed by atoms with E-state index in [2.05, 4.69) is 5.32 Å². The minimum atomic E-state index is -3.14. The van der Waals surface area contributed by atoms with Gasteiger partial charge in [-0.25, -0.2) is 8.42 Å². The van der Waals surface area contributed by atoms with E-state index < -0.39 is 27.7 Å². The molecule has 1 aromatic carbocycles. The van der Waals surface area contributed by atoms with Crippen LogP contribution in [-0.4, -0.2) is 74.8 Å². The summed E-state index contributed by atoms with van der Waals surface area (Å²) in [6.45, 7) is 2.80. The Bertz CT molecular complexity index is 729. The first-order valence-corrected chi connectivity index (χ1v) is 10.0. The maximum absolute atomic E-state index is 12.6. The van der Waals surface area contributed by atoms with Gasteiger partial charge in [0, 0.05) is 24.8 Å². The smallest absolute Gasteiger partial charge is 0.313 e. The van der Waals surface area contributed by atoms with Crippen molar-refractivity contribution in [3.63, 3.8) is 0 Å². The summed E-state index contributed by atoms with van der Waals surface area (Å²) in [4.78, 5) is 28.2. The molecule has 1 atom stereocenters. The second-order valence-electron chi connectivity index (χ2n) is 6.68. The average Bonchev–Trinajstić information content (AvgIpc) is 2.89. The highest BCUT2D eigenvalue weighted by Crippen LogP contribution is 2.18. The number of sulfone groups is 1. The lowest BCUT2D eigenvalue weighted by Gasteiger charge is -2.28. The number of aryl methyl sites for hydroxylation is 1. The highest BCUT2D eigenvalue weighted by Gasteiger charge is 2.36. The van der Waals surface area contributed by atoms with E-state index in [-0.39, 0.29) is 11.5 Å². The maximum atomic E-state index is 12.6. The molecule has 1 heterocycles. The fraction of sp³-hybridized carbons (Fsp3) is 0.529. The molecule has 7 nitrogen and oxygen atoms in total. The van der Waals surface area contributed by atoms with Crippen LogP contribution in [0, 0.1) is 6.92 Å². The van der Waals surface area contributed by atoms with Crippen LogP contribution >= 0.6 is 0 Å². The van der Waals surface area contributed by atoms with Crippen LogP contribution < -0.4 is 5.32 Å². The van der Waals surface area contributed by atoms with Crippen LogP contribution in [0.3, 0.4) is 0 Å². The summed E-state index contributed by atoms with van der Waals surface area (Å²) in [6, 6.07) is 6.69. The van der Waals surface area contributed by atoms with Crippen molar-refractivity contribution in [1.82, 2.24) is 9.80 Å². The highest BCUT2D eigenvalue weighted by atomic mass is 32.2. The summed E-state index contributed by atoms with van der Waals surface area (Å²) >= 11 is 0. The molecule has 1 aliphatic heterocycles. The van der Waals surface area contributed by atoms with Gasteiger partial charge in [-0.2, -0.15) is 0 Å². The number of likely N-dealkylation sites (N-methyl/N-ethyl adjacent to an activating group) is 1. The molecule has 0 radical (unpaired) electrons. The molecule has 0 bridgehead atoms. The van der Waals surface area contributed by atoms with Crippen LogP contribution in [0.1, 0.15) is 12.0 Å². The zero-order chi connectivity index (χ0) is 18.6. The lowest BCUT2D eigenvalue weighted by Crippen LogP contribution is -2.48. The number of benzene rings is 1. The van der Waals surface area contributed by atoms with Gasteiger partial charge in [-0.05, 0) is 39.6 Å². The number of nitrogens with zero attached hydrogens (tertiary/aromatic N) is 2. The van der Waals surface area contributed by atoms with Crippen molar-refractivity contribution in [2.75, 3.05) is 44.0 Å². The van der Waals surface area contributed by atoms with Crippen molar-refractivity contribution in [3.8, 4) is 0 Å². The van der Waals surface area contributed by atoms with Crippen LogP contribution in [0.5, 0.6) is 0 Å². The lowest BCUT2D eigenvalue weighted by atomic mass is 10.2. The van der Waals surface area contributed by atoms with Gasteiger partial charge in [-0.3, -0.25) is 9.59 Å². The standard InChI is InChI=1S/C17H25N3O4S/c1-13-4-6-14(7-5-13)18-16(21)17(22)20(10-9-19(2)3)15-8-11-25(23,24)12-15/h4-7,15H,8-12H2,1-3H3,(H,18,21). The fourth-order valence-corrected chi connectivity index (χ4v) is 4.46. The highest BCUT2D eigenvalue weighted by molar-refractivity contribution is 7.91. The summed E-state index contributed by atoms with van der Waals surface area (Å²) in [5, 5.41) is 2.59. The molecule has 138 valence electrons. The Hall–Kier alpha value is -1.93. The summed E-state index contributed by atoms with van der Waals surface area (Å²) < 4.78 is 23.5. The molecular weight excluding hydrogens is 342 g/mol. The normalized spacial score (nSPS) is 19.0. The molecule has 0 spiro atoms. The van der Waals surface area contributed by atoms with Crippen molar-refractivity contribution in [3.05, 3.63) is 29.8 Å². The third-order valence-electron chi connectivity index (χ3n) is 4.20. The Balaban J connectivity index is 2.10. The van der Waals surface area contributed by atoms with Crippen LogP contribution in [0.2, 0.25) is 0 Å². The molecule has 1 fully saturated rings. The Labute approximate surface area is 148 Å². The van der Waals surface area contributed by atoms with Gasteiger partial charge in [-0.15, -0.1) is 0 Å². The van der Waals surface area contributed by atoms with E-state index in [1.54, 1.807) is 12.1 Å². The van der Waals surface area contributed by atoms with Crippen LogP contribution in [0.25, 0.3) is 0 Å². The molecule has 1 aliphatic rings. The lowest BCUT2D eigenvalue weighted by molar-refractivity contribution is -0.144. The quantitative estimate of drug-likeness (QED) is 0.767. The van der Waals surface area contributed by atoms with Crippen molar-refractivity contribution in [1.29, 1.82) is 0 Å². The fourth-order valence-electron chi connectivity index (χ4n) is 2.73. The zero-order valence-electron chi connectivity index (χ0n) is 14.9. The predicted octanol–water partition coefficient (Wildman–Crippen LogP) is 0.511. The largest absolute Gasteiger partial charge is 0.329 e. The predicted molar refractivity (Wildman–Crippen MR) is 97.1 cm³/mol. The van der Waals surface area contributed by atoms with E-state index in [1.165, 1.54) is 4.90 Å². The van der Waals surface area contributed by atoms with Crippen LogP contribution in [-0.2, 0) is 19.4 Å². The van der Waals surface area contributed by atoms with Gasteiger partial charge in [0.2, 0.25) is 0 Å². The average molecular weight is 367 g/mol. The molecule has 1 saturated heterocycles. The first-order valence-electron chi connectivity index (χ1n) is 8.22. The minimum Gasteiger partial charge on any atom is -0.329 e. The Morgan fingerprint density at radius 1 is 1.16 bits per heavy atom. The van der Waals surface area contributed by atoms with Crippen molar-refractivity contribution in [2.24, 2.45) is 0 Å². The van der Waals surface area contributed by atoms with Crippen molar-refractivity contribution >= 4 is 27.3 Å². The third-order valence-corrected chi connectivity index (χ3v) is 5.95. The first-order chi connectivity index (χ1) is 11.7. The van der Waals surface area contributed by atoms with Gasteiger partial charge in [0.15, 0.2) is 9.84 Å². The van der Waals surface area contributed by atoms with Crippen molar-refractivity contribution in [2.45, 2.75) is 19.4 Å². The molecule has 2 amide bonds. The number of anilines is 1. The van der Waals surface area contributed by atoms with Gasteiger partial charge in [-0.1, -0.05) is 17.7 Å². The Morgan fingerprint density at radius 2 is 1.80 bits per heavy atom. The van der Waals surface area contributed by atoms with Crippen LogP contribution in [0.15, 0.2) is 24.3 Å². The SMILES string of the molecule is Cc1ccc(NC(=O)C(=O)N(CCN(C)C)C2CCS(=O)(=O)C2)cc1. The van der Waals surface area contributed by atoms with E-state index in [9.17, 15) is 18.0 Å². The van der Waals surface area contributed by atoms with Gasteiger partial charge < -0.3 is 15.1 Å². The number of hydrogen-bond acceptors (Lipinski definition) is 5. The molecule has 2 rings (SSSR count). The number of rotatable bonds is 5. The third kappa shape index (κ3) is 5.54. The molecule has 1 N–H and O–H groups in total. The molecule has 1 unspecified atom stereocenters. The van der Waals surface area contributed by atoms with E-state index in [4.69, 9.17) is 0 Å². The molecule has 0 saturated carbocycles. The minimum absolute atomic E-state index is 0.0585. The molecule has 8 heteroatoms. The zero-order valence-corrected chi connectivity index (χ0v) is 15.7. The van der Waals surface area contributed by atoms with Crippen molar-refractivity contribution < 1.29 is 18.0 Å². The van der Waals surface area contributed by atoms with E-state index in [0.717, 1.165) is 5.56 Å². The molecule has 0 aromatic heterocycles. The number of carbonyl (C=O) groups is 2. The number of amides is 2. The summed E-state index contributed by atoms with van der Waals surface area (Å²) in [6.07, 6.45) is 0.374. The monoisotopic (exact) mass is 367 g/mol. The topological polar surface area (TPSA) is 86.8 Å². The Morgan fingerprint density at radius 3 is 2.32 bits per heavy atom. The van der Waals surface area contributed by atoms with Gasteiger partial charge in [0.1, 0.15) is 0 Å². The number of carbonyl (C=O) groups excluding carboxylic acids is 2. The van der Waals surface area contributed by atoms with E-state index in [1.807, 2.05) is 38.1 Å². The summed E-state index contributed by atoms with van der Waals surface area (Å²) in [7, 11) is 0.582. The second kappa shape index (κ2) is 7.97. The van der Waals surface area contributed by atoms with Gasteiger partial charge >= 0.3 is 11.8 Å². The van der Waals surface area contributed by atoms with Gasteiger partial charge in [0.25, 0.3) is 0 Å². The first kappa shape index (κ1) is 19.4. The molecular formula is C17H25N3O4S. The number of hydrogen-bond donors (Lipinski definition) is 1.